The van der Waals surface area contributed by atoms with E-state index in [4.69, 9.17) is 0 Å². The van der Waals surface area contributed by atoms with E-state index in [1.165, 1.54) is 15.6 Å². The zero-order valence-corrected chi connectivity index (χ0v) is 17.2. The molecule has 7 heteroatoms. The standard InChI is InChI=1S/C21H27N3O3S/c1-3-23(20-11-5-4-8-17(20)2)14-12-22-21(25)18-9-6-10-19(16-18)24-13-7-15-28(24,26)27/h4-6,8-11,16H,3,7,12-15H2,1-2H3,(H,22,25). The van der Waals surface area contributed by atoms with Crippen LogP contribution in [-0.4, -0.2) is 46.3 Å². The van der Waals surface area contributed by atoms with Gasteiger partial charge >= 0.3 is 0 Å². The smallest absolute Gasteiger partial charge is 0.251 e. The van der Waals surface area contributed by atoms with E-state index in [-0.39, 0.29) is 11.7 Å². The summed E-state index contributed by atoms with van der Waals surface area (Å²) in [6.45, 7) is 6.70. The highest BCUT2D eigenvalue weighted by atomic mass is 32.2. The largest absolute Gasteiger partial charge is 0.370 e. The molecule has 28 heavy (non-hydrogen) atoms. The predicted octanol–water partition coefficient (Wildman–Crippen LogP) is 2.79. The molecule has 0 atom stereocenters. The first kappa shape index (κ1) is 20.2. The third kappa shape index (κ3) is 4.47. The number of nitrogens with one attached hydrogen (secondary N) is 1. The van der Waals surface area contributed by atoms with Gasteiger partial charge in [0.05, 0.1) is 11.4 Å². The van der Waals surface area contributed by atoms with E-state index in [1.54, 1.807) is 24.3 Å². The van der Waals surface area contributed by atoms with Crippen LogP contribution in [0.5, 0.6) is 0 Å². The third-order valence-corrected chi connectivity index (χ3v) is 6.87. The zero-order chi connectivity index (χ0) is 20.1. The van der Waals surface area contributed by atoms with E-state index in [0.29, 0.717) is 37.3 Å². The maximum atomic E-state index is 12.5. The molecule has 1 saturated heterocycles. The van der Waals surface area contributed by atoms with Gasteiger partial charge in [0.2, 0.25) is 10.0 Å². The van der Waals surface area contributed by atoms with Gasteiger partial charge in [-0.2, -0.15) is 0 Å². The van der Waals surface area contributed by atoms with Crippen LogP contribution in [-0.2, 0) is 10.0 Å². The van der Waals surface area contributed by atoms with E-state index in [0.717, 1.165) is 6.54 Å². The van der Waals surface area contributed by atoms with Crippen molar-refractivity contribution in [1.29, 1.82) is 0 Å². The molecule has 1 fully saturated rings. The number of sulfonamides is 1. The summed E-state index contributed by atoms with van der Waals surface area (Å²) in [5.74, 6) is -0.0332. The monoisotopic (exact) mass is 401 g/mol. The van der Waals surface area contributed by atoms with E-state index >= 15 is 0 Å². The Labute approximate surface area is 167 Å². The molecule has 0 spiro atoms. The van der Waals surface area contributed by atoms with Crippen molar-refractivity contribution < 1.29 is 13.2 Å². The molecular weight excluding hydrogens is 374 g/mol. The molecule has 0 aromatic heterocycles. The minimum absolute atomic E-state index is 0.162. The number of rotatable bonds is 7. The number of nitrogens with zero attached hydrogens (tertiary/aromatic N) is 2. The number of para-hydroxylation sites is 1. The summed E-state index contributed by atoms with van der Waals surface area (Å²) in [4.78, 5) is 14.8. The number of hydrogen-bond donors (Lipinski definition) is 1. The topological polar surface area (TPSA) is 69.7 Å². The Morgan fingerprint density at radius 2 is 1.96 bits per heavy atom. The molecule has 0 radical (unpaired) electrons. The molecule has 1 aliphatic rings. The average molecular weight is 402 g/mol. The van der Waals surface area contributed by atoms with Gasteiger partial charge in [0.15, 0.2) is 0 Å². The van der Waals surface area contributed by atoms with Gasteiger partial charge in [-0.15, -0.1) is 0 Å². The summed E-state index contributed by atoms with van der Waals surface area (Å²) in [6.07, 6.45) is 0.616. The first-order valence-electron chi connectivity index (χ1n) is 9.61. The van der Waals surface area contributed by atoms with E-state index in [1.807, 2.05) is 12.1 Å². The van der Waals surface area contributed by atoms with Crippen LogP contribution in [0.4, 0.5) is 11.4 Å². The number of carbonyl (C=O) groups excluding carboxylic acids is 1. The fourth-order valence-corrected chi connectivity index (χ4v) is 5.06. The van der Waals surface area contributed by atoms with Gasteiger partial charge in [-0.25, -0.2) is 8.42 Å². The number of amides is 1. The molecule has 6 nitrogen and oxygen atoms in total. The molecule has 150 valence electrons. The Bertz CT molecular complexity index is 943. The van der Waals surface area contributed by atoms with Crippen LogP contribution < -0.4 is 14.5 Å². The van der Waals surface area contributed by atoms with Crippen LogP contribution in [0.15, 0.2) is 48.5 Å². The molecule has 0 saturated carbocycles. The summed E-state index contributed by atoms with van der Waals surface area (Å²) >= 11 is 0. The fraction of sp³-hybridized carbons (Fsp3) is 0.381. The number of carbonyl (C=O) groups is 1. The minimum atomic E-state index is -3.25. The van der Waals surface area contributed by atoms with Crippen LogP contribution >= 0.6 is 0 Å². The Kier molecular flexibility index (Phi) is 6.24. The zero-order valence-electron chi connectivity index (χ0n) is 16.4. The van der Waals surface area contributed by atoms with Crippen molar-refractivity contribution in [2.45, 2.75) is 20.3 Å². The molecule has 0 bridgehead atoms. The van der Waals surface area contributed by atoms with Crippen molar-refractivity contribution in [3.63, 3.8) is 0 Å². The maximum absolute atomic E-state index is 12.5. The molecule has 1 amide bonds. The lowest BCUT2D eigenvalue weighted by Crippen LogP contribution is -2.35. The Morgan fingerprint density at radius 1 is 1.18 bits per heavy atom. The summed E-state index contributed by atoms with van der Waals surface area (Å²) < 4.78 is 25.6. The Balaban J connectivity index is 1.62. The molecule has 0 aliphatic carbocycles. The molecule has 3 rings (SSSR count). The Hall–Kier alpha value is -2.54. The van der Waals surface area contributed by atoms with Gasteiger partial charge in [0.1, 0.15) is 0 Å². The summed E-state index contributed by atoms with van der Waals surface area (Å²) in [5, 5.41) is 2.94. The summed E-state index contributed by atoms with van der Waals surface area (Å²) in [5.41, 5.74) is 3.40. The SMILES string of the molecule is CCN(CCNC(=O)c1cccc(N2CCCS2(=O)=O)c1)c1ccccc1C. The van der Waals surface area contributed by atoms with Crippen molar-refractivity contribution >= 4 is 27.3 Å². The second-order valence-electron chi connectivity index (χ2n) is 6.91. The molecule has 1 heterocycles. The van der Waals surface area contributed by atoms with Gasteiger partial charge in [0, 0.05) is 37.4 Å². The first-order valence-corrected chi connectivity index (χ1v) is 11.2. The van der Waals surface area contributed by atoms with Crippen LogP contribution in [0.25, 0.3) is 0 Å². The van der Waals surface area contributed by atoms with E-state index < -0.39 is 10.0 Å². The summed E-state index contributed by atoms with van der Waals surface area (Å²) in [7, 11) is -3.25. The highest BCUT2D eigenvalue weighted by Gasteiger charge is 2.28. The predicted molar refractivity (Wildman–Crippen MR) is 114 cm³/mol. The van der Waals surface area contributed by atoms with Crippen LogP contribution in [0.3, 0.4) is 0 Å². The summed E-state index contributed by atoms with van der Waals surface area (Å²) in [6, 6.07) is 15.0. The van der Waals surface area contributed by atoms with Gasteiger partial charge in [-0.05, 0) is 50.1 Å². The second-order valence-corrected chi connectivity index (χ2v) is 8.93. The van der Waals surface area contributed by atoms with Gasteiger partial charge in [-0.3, -0.25) is 9.10 Å². The van der Waals surface area contributed by atoms with Gasteiger partial charge < -0.3 is 10.2 Å². The second kappa shape index (κ2) is 8.65. The van der Waals surface area contributed by atoms with Crippen LogP contribution in [0, 0.1) is 6.92 Å². The first-order chi connectivity index (χ1) is 13.4. The number of anilines is 2. The van der Waals surface area contributed by atoms with E-state index in [9.17, 15) is 13.2 Å². The molecular formula is C21H27N3O3S. The highest BCUT2D eigenvalue weighted by Crippen LogP contribution is 2.24. The highest BCUT2D eigenvalue weighted by molar-refractivity contribution is 7.93. The van der Waals surface area contributed by atoms with Crippen LogP contribution in [0.1, 0.15) is 29.3 Å². The lowest BCUT2D eigenvalue weighted by atomic mass is 10.1. The molecule has 2 aromatic rings. The average Bonchev–Trinajstić information content (AvgIpc) is 3.05. The molecule has 2 aromatic carbocycles. The number of benzene rings is 2. The molecule has 1 aliphatic heterocycles. The normalized spacial score (nSPS) is 15.4. The third-order valence-electron chi connectivity index (χ3n) is 5.00. The number of aryl methyl sites for hydroxylation is 1. The van der Waals surface area contributed by atoms with E-state index in [2.05, 4.69) is 36.2 Å². The molecule has 1 N–H and O–H groups in total. The Morgan fingerprint density at radius 3 is 2.64 bits per heavy atom. The minimum Gasteiger partial charge on any atom is -0.370 e. The quantitative estimate of drug-likeness (QED) is 0.775. The maximum Gasteiger partial charge on any atom is 0.251 e. The van der Waals surface area contributed by atoms with Crippen molar-refractivity contribution in [1.82, 2.24) is 5.32 Å². The van der Waals surface area contributed by atoms with Crippen molar-refractivity contribution in [2.24, 2.45) is 0 Å². The lowest BCUT2D eigenvalue weighted by molar-refractivity contribution is 0.0954. The van der Waals surface area contributed by atoms with Crippen molar-refractivity contribution in [3.8, 4) is 0 Å². The van der Waals surface area contributed by atoms with Crippen molar-refractivity contribution in [3.05, 3.63) is 59.7 Å². The number of hydrogen-bond acceptors (Lipinski definition) is 4. The fourth-order valence-electron chi connectivity index (χ4n) is 3.51. The molecule has 0 unspecified atom stereocenters. The lowest BCUT2D eigenvalue weighted by Gasteiger charge is -2.25. The van der Waals surface area contributed by atoms with Gasteiger partial charge in [-0.1, -0.05) is 24.3 Å². The number of likely N-dealkylation sites (N-methyl/N-ethyl adjacent to an activating group) is 1. The van der Waals surface area contributed by atoms with Crippen molar-refractivity contribution in [2.75, 3.05) is 41.1 Å². The van der Waals surface area contributed by atoms with Crippen LogP contribution in [0.2, 0.25) is 0 Å². The van der Waals surface area contributed by atoms with Gasteiger partial charge in [0.25, 0.3) is 5.91 Å².